The molecular weight excluding hydrogens is 497 g/mol. The van der Waals surface area contributed by atoms with E-state index in [1.807, 2.05) is 6.20 Å². The highest BCUT2D eigenvalue weighted by atomic mass is 19.4. The number of nitrogens with one attached hydrogen (secondary N) is 2. The standard InChI is InChI=1S/C27H31F3N6O2/c28-27(29,30)19-1-3-22(4-2-19)36-13-9-23(10-14-36)38-24-5-6-25(32-16-24)26(37)34-20-7-11-35(12-8-20)17-21-15-31-18-33-21/h1-6,15-16,18,20,23H,7-14,17H2,(H,31,33)(H,34,37). The number of carbonyl (C=O) groups is 1. The monoisotopic (exact) mass is 528 g/mol. The number of hydrogen-bond donors (Lipinski definition) is 2. The van der Waals surface area contributed by atoms with Gasteiger partial charge in [0.2, 0.25) is 0 Å². The van der Waals surface area contributed by atoms with Crippen molar-refractivity contribution in [2.45, 2.75) is 50.6 Å². The number of likely N-dealkylation sites (tertiary alicyclic amines) is 1. The van der Waals surface area contributed by atoms with Gasteiger partial charge in [0.1, 0.15) is 17.5 Å². The van der Waals surface area contributed by atoms with E-state index in [-0.39, 0.29) is 18.1 Å². The molecule has 1 aromatic carbocycles. The van der Waals surface area contributed by atoms with E-state index in [1.165, 1.54) is 12.1 Å². The second-order valence-electron chi connectivity index (χ2n) is 9.83. The molecule has 0 unspecified atom stereocenters. The fraction of sp³-hybridized carbons (Fsp3) is 0.444. The van der Waals surface area contributed by atoms with Crippen LogP contribution in [0.5, 0.6) is 5.75 Å². The second-order valence-corrected chi connectivity index (χ2v) is 9.83. The molecule has 0 bridgehead atoms. The van der Waals surface area contributed by atoms with Crippen molar-refractivity contribution >= 4 is 11.6 Å². The number of ether oxygens (including phenoxy) is 1. The van der Waals surface area contributed by atoms with E-state index < -0.39 is 11.7 Å². The fourth-order valence-corrected chi connectivity index (χ4v) is 4.98. The van der Waals surface area contributed by atoms with Gasteiger partial charge in [-0.2, -0.15) is 13.2 Å². The molecule has 0 spiro atoms. The van der Waals surface area contributed by atoms with Crippen molar-refractivity contribution in [3.63, 3.8) is 0 Å². The fourth-order valence-electron chi connectivity index (χ4n) is 4.98. The minimum atomic E-state index is -4.33. The predicted octanol–water partition coefficient (Wildman–Crippen LogP) is 4.27. The second kappa shape index (κ2) is 11.4. The molecule has 2 N–H and O–H groups in total. The van der Waals surface area contributed by atoms with E-state index in [9.17, 15) is 18.0 Å². The molecular formula is C27H31F3N6O2. The number of carbonyl (C=O) groups excluding carboxylic acids is 1. The molecule has 0 radical (unpaired) electrons. The van der Waals surface area contributed by atoms with Gasteiger partial charge in [-0.05, 0) is 49.2 Å². The van der Waals surface area contributed by atoms with Gasteiger partial charge in [0.15, 0.2) is 0 Å². The molecule has 5 rings (SSSR count). The lowest BCUT2D eigenvalue weighted by Crippen LogP contribution is -2.44. The topological polar surface area (TPSA) is 86.4 Å². The van der Waals surface area contributed by atoms with Crippen LogP contribution >= 0.6 is 0 Å². The maximum atomic E-state index is 12.8. The highest BCUT2D eigenvalue weighted by Gasteiger charge is 2.30. The summed E-state index contributed by atoms with van der Waals surface area (Å²) in [6.45, 7) is 4.01. The van der Waals surface area contributed by atoms with Crippen molar-refractivity contribution in [1.82, 2.24) is 25.2 Å². The maximum absolute atomic E-state index is 12.8. The number of imidazole rings is 1. The smallest absolute Gasteiger partial charge is 0.416 e. The highest BCUT2D eigenvalue weighted by molar-refractivity contribution is 5.92. The van der Waals surface area contributed by atoms with Crippen molar-refractivity contribution in [2.24, 2.45) is 0 Å². The first kappa shape index (κ1) is 26.0. The van der Waals surface area contributed by atoms with Gasteiger partial charge in [-0.3, -0.25) is 9.69 Å². The van der Waals surface area contributed by atoms with Gasteiger partial charge in [0.25, 0.3) is 5.91 Å². The highest BCUT2D eigenvalue weighted by Crippen LogP contribution is 2.31. The predicted molar refractivity (Wildman–Crippen MR) is 136 cm³/mol. The van der Waals surface area contributed by atoms with E-state index in [2.05, 4.69) is 30.1 Å². The largest absolute Gasteiger partial charge is 0.489 e. The Morgan fingerprint density at radius 1 is 1.00 bits per heavy atom. The van der Waals surface area contributed by atoms with Gasteiger partial charge in [-0.15, -0.1) is 0 Å². The lowest BCUT2D eigenvalue weighted by molar-refractivity contribution is -0.137. The molecule has 2 aliphatic heterocycles. The number of nitrogens with zero attached hydrogens (tertiary/aromatic N) is 4. The molecule has 0 saturated carbocycles. The SMILES string of the molecule is O=C(NC1CCN(Cc2cnc[nH]2)CC1)c1ccc(OC2CCN(c3ccc(C(F)(F)F)cc3)CC2)cn1. The van der Waals surface area contributed by atoms with E-state index in [0.29, 0.717) is 24.5 Å². The number of H-pyrrole nitrogens is 1. The summed E-state index contributed by atoms with van der Waals surface area (Å²) in [6.07, 6.45) is 3.98. The molecule has 202 valence electrons. The number of alkyl halides is 3. The lowest BCUT2D eigenvalue weighted by Gasteiger charge is -2.33. The van der Waals surface area contributed by atoms with Crippen LogP contribution in [0.25, 0.3) is 0 Å². The third kappa shape index (κ3) is 6.63. The van der Waals surface area contributed by atoms with Crippen LogP contribution in [0.2, 0.25) is 0 Å². The van der Waals surface area contributed by atoms with Gasteiger partial charge in [0.05, 0.1) is 18.1 Å². The Hall–Kier alpha value is -3.60. The summed E-state index contributed by atoms with van der Waals surface area (Å²) in [6, 6.07) is 8.82. The number of anilines is 1. The molecule has 38 heavy (non-hydrogen) atoms. The van der Waals surface area contributed by atoms with Crippen LogP contribution in [0.4, 0.5) is 18.9 Å². The van der Waals surface area contributed by atoms with Crippen molar-refractivity contribution in [3.05, 3.63) is 72.1 Å². The van der Waals surface area contributed by atoms with Crippen LogP contribution in [0, 0.1) is 0 Å². The van der Waals surface area contributed by atoms with Crippen LogP contribution in [-0.4, -0.2) is 64.1 Å². The number of amides is 1. The number of aromatic amines is 1. The molecule has 3 aromatic rings. The Morgan fingerprint density at radius 2 is 1.74 bits per heavy atom. The van der Waals surface area contributed by atoms with Crippen LogP contribution in [0.1, 0.15) is 47.4 Å². The van der Waals surface area contributed by atoms with Crippen LogP contribution < -0.4 is 15.0 Å². The number of rotatable bonds is 7. The molecule has 8 nitrogen and oxygen atoms in total. The van der Waals surface area contributed by atoms with Crippen molar-refractivity contribution < 1.29 is 22.7 Å². The minimum Gasteiger partial charge on any atom is -0.489 e. The molecule has 2 aliphatic rings. The van der Waals surface area contributed by atoms with Crippen LogP contribution in [0.15, 0.2) is 55.1 Å². The third-order valence-corrected chi connectivity index (χ3v) is 7.15. The van der Waals surface area contributed by atoms with Crippen molar-refractivity contribution in [3.8, 4) is 5.75 Å². The Kier molecular flexibility index (Phi) is 7.82. The molecule has 2 saturated heterocycles. The van der Waals surface area contributed by atoms with Gasteiger partial charge in [-0.25, -0.2) is 9.97 Å². The average molecular weight is 529 g/mol. The Morgan fingerprint density at radius 3 is 2.34 bits per heavy atom. The first-order valence-corrected chi connectivity index (χ1v) is 12.9. The summed E-state index contributed by atoms with van der Waals surface area (Å²) in [5.74, 6) is 0.412. The van der Waals surface area contributed by atoms with Crippen LogP contribution in [0.3, 0.4) is 0 Å². The summed E-state index contributed by atoms with van der Waals surface area (Å²) in [5.41, 5.74) is 1.57. The zero-order valence-electron chi connectivity index (χ0n) is 21.0. The molecule has 4 heterocycles. The summed E-state index contributed by atoms with van der Waals surface area (Å²) >= 11 is 0. The number of aromatic nitrogens is 3. The first-order chi connectivity index (χ1) is 18.3. The lowest BCUT2D eigenvalue weighted by atomic mass is 10.0. The number of benzene rings is 1. The third-order valence-electron chi connectivity index (χ3n) is 7.15. The molecule has 1 amide bonds. The van der Waals surface area contributed by atoms with Gasteiger partial charge in [-0.1, -0.05) is 0 Å². The minimum absolute atomic E-state index is 0.0193. The van der Waals surface area contributed by atoms with Gasteiger partial charge >= 0.3 is 6.18 Å². The first-order valence-electron chi connectivity index (χ1n) is 12.9. The van der Waals surface area contributed by atoms with Crippen molar-refractivity contribution in [2.75, 3.05) is 31.1 Å². The van der Waals surface area contributed by atoms with Crippen LogP contribution in [-0.2, 0) is 12.7 Å². The van der Waals surface area contributed by atoms with E-state index in [0.717, 1.165) is 68.8 Å². The molecule has 2 aromatic heterocycles. The Bertz CT molecular complexity index is 1170. The number of halogens is 3. The molecule has 11 heteroatoms. The molecule has 0 aliphatic carbocycles. The van der Waals surface area contributed by atoms with E-state index in [1.54, 1.807) is 24.7 Å². The normalized spacial score (nSPS) is 17.9. The maximum Gasteiger partial charge on any atom is 0.416 e. The van der Waals surface area contributed by atoms with E-state index in [4.69, 9.17) is 4.74 Å². The molecule has 2 fully saturated rings. The Balaban J connectivity index is 1.05. The number of pyridine rings is 1. The van der Waals surface area contributed by atoms with E-state index >= 15 is 0 Å². The van der Waals surface area contributed by atoms with Gasteiger partial charge in [0, 0.05) is 69.2 Å². The zero-order chi connectivity index (χ0) is 26.5. The number of hydrogen-bond acceptors (Lipinski definition) is 6. The van der Waals surface area contributed by atoms with Crippen molar-refractivity contribution in [1.29, 1.82) is 0 Å². The summed E-state index contributed by atoms with van der Waals surface area (Å²) in [7, 11) is 0. The molecule has 0 atom stereocenters. The zero-order valence-corrected chi connectivity index (χ0v) is 21.0. The summed E-state index contributed by atoms with van der Waals surface area (Å²) in [5, 5.41) is 3.09. The Labute approximate surface area is 219 Å². The summed E-state index contributed by atoms with van der Waals surface area (Å²) in [4.78, 5) is 28.6. The summed E-state index contributed by atoms with van der Waals surface area (Å²) < 4.78 is 44.5. The quantitative estimate of drug-likeness (QED) is 0.477. The average Bonchev–Trinajstić information content (AvgIpc) is 3.43. The number of piperidine rings is 2. The van der Waals surface area contributed by atoms with Gasteiger partial charge < -0.3 is 19.9 Å².